The van der Waals surface area contributed by atoms with Crippen LogP contribution in [0.1, 0.15) is 6.92 Å². The van der Waals surface area contributed by atoms with Crippen LogP contribution in [0, 0.1) is 5.82 Å². The number of hydrogen-bond acceptors (Lipinski definition) is 3. The van der Waals surface area contributed by atoms with Crippen molar-refractivity contribution in [1.82, 2.24) is 5.32 Å². The molecule has 98 valence electrons. The van der Waals surface area contributed by atoms with Crippen molar-refractivity contribution in [1.29, 1.82) is 0 Å². The van der Waals surface area contributed by atoms with Crippen molar-refractivity contribution in [2.45, 2.75) is 19.1 Å². The molecule has 0 radical (unpaired) electrons. The molecule has 0 saturated carbocycles. The molecule has 5 heteroatoms. The third-order valence-electron chi connectivity index (χ3n) is 3.13. The second kappa shape index (κ2) is 5.46. The summed E-state index contributed by atoms with van der Waals surface area (Å²) in [7, 11) is 1.68. The molecule has 1 N–H and O–H groups in total. The van der Waals surface area contributed by atoms with Crippen LogP contribution in [0.5, 0.6) is 0 Å². The first-order chi connectivity index (χ1) is 8.59. The monoisotopic (exact) mass is 252 g/mol. The van der Waals surface area contributed by atoms with Gasteiger partial charge in [0.15, 0.2) is 0 Å². The second-order valence-corrected chi connectivity index (χ2v) is 4.38. The van der Waals surface area contributed by atoms with Gasteiger partial charge in [0, 0.05) is 19.3 Å². The molecule has 2 atom stereocenters. The average Bonchev–Trinajstić information content (AvgIpc) is 2.38. The van der Waals surface area contributed by atoms with E-state index < -0.39 is 0 Å². The Morgan fingerprint density at radius 1 is 1.44 bits per heavy atom. The molecule has 1 heterocycles. The Morgan fingerprint density at radius 2 is 2.11 bits per heavy atom. The van der Waals surface area contributed by atoms with Crippen LogP contribution < -0.4 is 10.2 Å². The first-order valence-corrected chi connectivity index (χ1v) is 5.97. The molecule has 18 heavy (non-hydrogen) atoms. The van der Waals surface area contributed by atoms with E-state index >= 15 is 0 Å². The zero-order valence-electron chi connectivity index (χ0n) is 10.5. The van der Waals surface area contributed by atoms with Gasteiger partial charge in [-0.1, -0.05) is 0 Å². The zero-order chi connectivity index (χ0) is 13.1. The quantitative estimate of drug-likeness (QED) is 0.859. The smallest absolute Gasteiger partial charge is 0.246 e. The maximum Gasteiger partial charge on any atom is 0.246 e. The first kappa shape index (κ1) is 13.0. The van der Waals surface area contributed by atoms with Crippen molar-refractivity contribution >= 4 is 11.6 Å². The molecule has 1 aliphatic rings. The second-order valence-electron chi connectivity index (χ2n) is 4.38. The van der Waals surface area contributed by atoms with Crippen LogP contribution in [0.25, 0.3) is 0 Å². The number of amides is 1. The number of rotatable bonds is 2. The van der Waals surface area contributed by atoms with Gasteiger partial charge in [0.25, 0.3) is 0 Å². The lowest BCUT2D eigenvalue weighted by molar-refractivity contribution is -0.126. The maximum atomic E-state index is 12.8. The standard InChI is InChI=1S/C13H17FN2O2/c1-9-12(15-7-8-18-9)13(17)16(2)11-5-3-10(14)4-6-11/h3-6,9,12,15H,7-8H2,1-2H3/t9-,12+/m1/s1. The minimum Gasteiger partial charge on any atom is -0.375 e. The Balaban J connectivity index is 2.10. The number of carbonyl (C=O) groups excluding carboxylic acids is 1. The van der Waals surface area contributed by atoms with Gasteiger partial charge in [0.1, 0.15) is 11.9 Å². The maximum absolute atomic E-state index is 12.8. The van der Waals surface area contributed by atoms with Gasteiger partial charge in [-0.3, -0.25) is 4.79 Å². The van der Waals surface area contributed by atoms with E-state index in [0.717, 1.165) is 0 Å². The van der Waals surface area contributed by atoms with Gasteiger partial charge < -0.3 is 15.0 Å². The highest BCUT2D eigenvalue weighted by molar-refractivity contribution is 5.97. The lowest BCUT2D eigenvalue weighted by Gasteiger charge is -2.32. The lowest BCUT2D eigenvalue weighted by atomic mass is 10.1. The molecular formula is C13H17FN2O2. The summed E-state index contributed by atoms with van der Waals surface area (Å²) in [6.45, 7) is 3.15. The van der Waals surface area contributed by atoms with E-state index in [-0.39, 0.29) is 23.9 Å². The van der Waals surface area contributed by atoms with E-state index in [1.165, 1.54) is 17.0 Å². The molecule has 1 amide bonds. The van der Waals surface area contributed by atoms with E-state index in [2.05, 4.69) is 5.32 Å². The fraction of sp³-hybridized carbons (Fsp3) is 0.462. The fourth-order valence-corrected chi connectivity index (χ4v) is 2.01. The van der Waals surface area contributed by atoms with Crippen LogP contribution in [0.3, 0.4) is 0 Å². The number of anilines is 1. The summed E-state index contributed by atoms with van der Waals surface area (Å²) in [4.78, 5) is 13.8. The van der Waals surface area contributed by atoms with Crippen molar-refractivity contribution in [3.8, 4) is 0 Å². The molecule has 0 spiro atoms. The molecule has 1 aliphatic heterocycles. The molecular weight excluding hydrogens is 235 g/mol. The minimum absolute atomic E-state index is 0.0752. The van der Waals surface area contributed by atoms with Crippen molar-refractivity contribution in [3.05, 3.63) is 30.1 Å². The van der Waals surface area contributed by atoms with Gasteiger partial charge in [-0.15, -0.1) is 0 Å². The summed E-state index contributed by atoms with van der Waals surface area (Å²) in [5.41, 5.74) is 0.668. The van der Waals surface area contributed by atoms with Gasteiger partial charge >= 0.3 is 0 Å². The number of halogens is 1. The Hall–Kier alpha value is -1.46. The Kier molecular flexibility index (Phi) is 3.93. The number of benzene rings is 1. The van der Waals surface area contributed by atoms with Crippen molar-refractivity contribution in [3.63, 3.8) is 0 Å². The van der Waals surface area contributed by atoms with E-state index in [1.807, 2.05) is 6.92 Å². The first-order valence-electron chi connectivity index (χ1n) is 5.97. The van der Waals surface area contributed by atoms with Crippen LogP contribution in [0.2, 0.25) is 0 Å². The van der Waals surface area contributed by atoms with Crippen molar-refractivity contribution in [2.24, 2.45) is 0 Å². The van der Waals surface area contributed by atoms with Crippen LogP contribution in [-0.2, 0) is 9.53 Å². The number of nitrogens with one attached hydrogen (secondary N) is 1. The highest BCUT2D eigenvalue weighted by Gasteiger charge is 2.30. The SMILES string of the molecule is C[C@H]1OCCN[C@@H]1C(=O)N(C)c1ccc(F)cc1. The van der Waals surface area contributed by atoms with E-state index in [1.54, 1.807) is 19.2 Å². The average molecular weight is 252 g/mol. The molecule has 1 aromatic carbocycles. The predicted octanol–water partition coefficient (Wildman–Crippen LogP) is 1.17. The Bertz CT molecular complexity index is 422. The summed E-state index contributed by atoms with van der Waals surface area (Å²) >= 11 is 0. The molecule has 1 saturated heterocycles. The third-order valence-corrected chi connectivity index (χ3v) is 3.13. The van der Waals surface area contributed by atoms with Gasteiger partial charge in [-0.25, -0.2) is 4.39 Å². The van der Waals surface area contributed by atoms with Crippen LogP contribution >= 0.6 is 0 Å². The normalized spacial score (nSPS) is 23.7. The number of likely N-dealkylation sites (N-methyl/N-ethyl adjacent to an activating group) is 1. The molecule has 1 fully saturated rings. The van der Waals surface area contributed by atoms with E-state index in [4.69, 9.17) is 4.74 Å². The third kappa shape index (κ3) is 2.68. The molecule has 0 aromatic heterocycles. The minimum atomic E-state index is -0.353. The molecule has 2 rings (SSSR count). The molecule has 0 bridgehead atoms. The number of ether oxygens (including phenoxy) is 1. The van der Waals surface area contributed by atoms with Crippen LogP contribution in [0.4, 0.5) is 10.1 Å². The summed E-state index contributed by atoms with van der Waals surface area (Å²) < 4.78 is 18.3. The number of carbonyl (C=O) groups is 1. The summed E-state index contributed by atoms with van der Waals surface area (Å²) in [6, 6.07) is 5.50. The van der Waals surface area contributed by atoms with Gasteiger partial charge in [0.2, 0.25) is 5.91 Å². The highest BCUT2D eigenvalue weighted by Crippen LogP contribution is 2.16. The van der Waals surface area contributed by atoms with Gasteiger partial charge in [-0.05, 0) is 31.2 Å². The summed E-state index contributed by atoms with van der Waals surface area (Å²) in [6.07, 6.45) is -0.158. The number of hydrogen-bond donors (Lipinski definition) is 1. The van der Waals surface area contributed by atoms with Gasteiger partial charge in [0.05, 0.1) is 12.7 Å². The molecule has 4 nitrogen and oxygen atoms in total. The topological polar surface area (TPSA) is 41.6 Å². The zero-order valence-corrected chi connectivity index (χ0v) is 10.5. The van der Waals surface area contributed by atoms with Gasteiger partial charge in [-0.2, -0.15) is 0 Å². The predicted molar refractivity (Wildman–Crippen MR) is 67.0 cm³/mol. The van der Waals surface area contributed by atoms with Crippen LogP contribution in [0.15, 0.2) is 24.3 Å². The van der Waals surface area contributed by atoms with E-state index in [9.17, 15) is 9.18 Å². The largest absolute Gasteiger partial charge is 0.375 e. The Labute approximate surface area is 106 Å². The van der Waals surface area contributed by atoms with E-state index in [0.29, 0.717) is 18.8 Å². The van der Waals surface area contributed by atoms with Crippen LogP contribution in [-0.4, -0.2) is 38.3 Å². The number of nitrogens with zero attached hydrogens (tertiary/aromatic N) is 1. The summed E-state index contributed by atoms with van der Waals surface area (Å²) in [5, 5.41) is 3.14. The lowest BCUT2D eigenvalue weighted by Crippen LogP contribution is -2.55. The van der Waals surface area contributed by atoms with Crippen molar-refractivity contribution < 1.29 is 13.9 Å². The summed E-state index contributed by atoms with van der Waals surface area (Å²) in [5.74, 6) is -0.388. The molecule has 0 aliphatic carbocycles. The van der Waals surface area contributed by atoms with Crippen molar-refractivity contribution in [2.75, 3.05) is 25.1 Å². The Morgan fingerprint density at radius 3 is 2.72 bits per heavy atom. The fourth-order valence-electron chi connectivity index (χ4n) is 2.01. The molecule has 1 aromatic rings. The molecule has 0 unspecified atom stereocenters. The highest BCUT2D eigenvalue weighted by atomic mass is 19.1. The number of morpholine rings is 1.